The molecule has 0 aromatic carbocycles. The minimum Gasteiger partial charge on any atom is -0.462 e. The summed E-state index contributed by atoms with van der Waals surface area (Å²) >= 11 is 0. The Balaban J connectivity index is 4.34. The van der Waals surface area contributed by atoms with Crippen LogP contribution in [0.2, 0.25) is 0 Å². The number of carbonyl (C=O) groups excluding carboxylic acids is 3. The largest absolute Gasteiger partial charge is 0.462 e. The SMILES string of the molecule is CCCCC/C=C\C/C=C\CCCCCCCC(=O)OC[C@H](COC(=O)CCCCCCCCCCCCCCCCCCCCC)OC(=O)CCCCCCCCC/C=C\CCCCCC. The Bertz CT molecular complexity index is 1130. The molecular weight excluding hydrogens is 829 g/mol. The Morgan fingerprint density at radius 2 is 0.537 bits per heavy atom. The van der Waals surface area contributed by atoms with Crippen LogP contribution in [0.25, 0.3) is 0 Å². The Kier molecular flexibility index (Phi) is 54.2. The van der Waals surface area contributed by atoms with E-state index in [0.717, 1.165) is 77.0 Å². The highest BCUT2D eigenvalue weighted by Crippen LogP contribution is 2.17. The van der Waals surface area contributed by atoms with Crippen LogP contribution in [0.1, 0.15) is 316 Å². The van der Waals surface area contributed by atoms with Crippen LogP contribution < -0.4 is 0 Å². The van der Waals surface area contributed by atoms with Crippen LogP contribution in [-0.4, -0.2) is 37.2 Å². The Labute approximate surface area is 416 Å². The molecule has 0 aliphatic rings. The van der Waals surface area contributed by atoms with Gasteiger partial charge in [-0.15, -0.1) is 0 Å². The van der Waals surface area contributed by atoms with Gasteiger partial charge in [0.2, 0.25) is 0 Å². The van der Waals surface area contributed by atoms with Crippen LogP contribution in [0.3, 0.4) is 0 Å². The molecule has 0 radical (unpaired) electrons. The summed E-state index contributed by atoms with van der Waals surface area (Å²) in [6.07, 6.45) is 67.0. The fraction of sp³-hybridized carbons (Fsp3) is 0.852. The van der Waals surface area contributed by atoms with E-state index in [-0.39, 0.29) is 31.1 Å². The van der Waals surface area contributed by atoms with Gasteiger partial charge in [-0.25, -0.2) is 0 Å². The van der Waals surface area contributed by atoms with E-state index < -0.39 is 6.10 Å². The quantitative estimate of drug-likeness (QED) is 0.0262. The van der Waals surface area contributed by atoms with Gasteiger partial charge in [-0.05, 0) is 77.0 Å². The summed E-state index contributed by atoms with van der Waals surface area (Å²) in [4.78, 5) is 38.2. The average molecular weight is 942 g/mol. The maximum absolute atomic E-state index is 12.8. The second-order valence-corrected chi connectivity index (χ2v) is 19.9. The topological polar surface area (TPSA) is 78.9 Å². The van der Waals surface area contributed by atoms with Crippen molar-refractivity contribution in [2.75, 3.05) is 13.2 Å². The fourth-order valence-corrected chi connectivity index (χ4v) is 8.65. The third kappa shape index (κ3) is 54.4. The van der Waals surface area contributed by atoms with Gasteiger partial charge in [-0.1, -0.05) is 256 Å². The highest BCUT2D eigenvalue weighted by molar-refractivity contribution is 5.71. The number of ether oxygens (including phenoxy) is 3. The zero-order chi connectivity index (χ0) is 48.6. The zero-order valence-corrected chi connectivity index (χ0v) is 44.9. The van der Waals surface area contributed by atoms with Crippen LogP contribution >= 0.6 is 0 Å². The van der Waals surface area contributed by atoms with Crippen molar-refractivity contribution in [3.63, 3.8) is 0 Å². The highest BCUT2D eigenvalue weighted by Gasteiger charge is 2.19. The molecule has 0 spiro atoms. The molecule has 0 aliphatic heterocycles. The molecule has 0 unspecified atom stereocenters. The molecule has 0 fully saturated rings. The zero-order valence-electron chi connectivity index (χ0n) is 44.9. The van der Waals surface area contributed by atoms with Crippen molar-refractivity contribution in [3.05, 3.63) is 36.5 Å². The second kappa shape index (κ2) is 56.2. The van der Waals surface area contributed by atoms with Crippen LogP contribution in [0.15, 0.2) is 36.5 Å². The van der Waals surface area contributed by atoms with Gasteiger partial charge in [0.15, 0.2) is 6.10 Å². The van der Waals surface area contributed by atoms with Crippen LogP contribution in [0, 0.1) is 0 Å². The summed E-state index contributed by atoms with van der Waals surface area (Å²) in [6.45, 7) is 6.63. The molecule has 0 amide bonds. The minimum absolute atomic E-state index is 0.0747. The second-order valence-electron chi connectivity index (χ2n) is 19.9. The number of unbranched alkanes of at least 4 members (excludes halogenated alkanes) is 37. The number of hydrogen-bond donors (Lipinski definition) is 0. The molecule has 0 saturated carbocycles. The first-order chi connectivity index (χ1) is 33.0. The molecule has 0 N–H and O–H groups in total. The van der Waals surface area contributed by atoms with Gasteiger partial charge in [-0.3, -0.25) is 14.4 Å². The monoisotopic (exact) mass is 941 g/mol. The Morgan fingerprint density at radius 1 is 0.299 bits per heavy atom. The van der Waals surface area contributed by atoms with Gasteiger partial charge in [0.1, 0.15) is 13.2 Å². The number of allylic oxidation sites excluding steroid dienone is 6. The maximum atomic E-state index is 12.8. The molecule has 0 rings (SSSR count). The normalized spacial score (nSPS) is 12.2. The predicted molar refractivity (Wildman–Crippen MR) is 289 cm³/mol. The summed E-state index contributed by atoms with van der Waals surface area (Å²) in [5.74, 6) is -0.875. The lowest BCUT2D eigenvalue weighted by Crippen LogP contribution is -2.30. The first-order valence-electron chi connectivity index (χ1n) is 29.5. The lowest BCUT2D eigenvalue weighted by molar-refractivity contribution is -0.167. The van der Waals surface area contributed by atoms with Crippen molar-refractivity contribution in [1.29, 1.82) is 0 Å². The number of esters is 3. The molecule has 392 valence electrons. The predicted octanol–water partition coefficient (Wildman–Crippen LogP) is 19.7. The van der Waals surface area contributed by atoms with Crippen molar-refractivity contribution in [2.24, 2.45) is 0 Å². The van der Waals surface area contributed by atoms with Gasteiger partial charge in [0, 0.05) is 19.3 Å². The van der Waals surface area contributed by atoms with E-state index in [1.54, 1.807) is 0 Å². The molecule has 0 aliphatic carbocycles. The maximum Gasteiger partial charge on any atom is 0.306 e. The first kappa shape index (κ1) is 64.6. The summed E-state index contributed by atoms with van der Waals surface area (Å²) in [7, 11) is 0. The summed E-state index contributed by atoms with van der Waals surface area (Å²) in [6, 6.07) is 0. The number of rotatable bonds is 54. The summed E-state index contributed by atoms with van der Waals surface area (Å²) < 4.78 is 16.9. The first-order valence-corrected chi connectivity index (χ1v) is 29.5. The van der Waals surface area contributed by atoms with E-state index in [2.05, 4.69) is 57.2 Å². The van der Waals surface area contributed by atoms with Crippen molar-refractivity contribution in [1.82, 2.24) is 0 Å². The molecule has 0 aromatic heterocycles. The van der Waals surface area contributed by atoms with Crippen molar-refractivity contribution in [3.8, 4) is 0 Å². The number of hydrogen-bond acceptors (Lipinski definition) is 6. The summed E-state index contributed by atoms with van der Waals surface area (Å²) in [5.41, 5.74) is 0. The third-order valence-electron chi connectivity index (χ3n) is 13.1. The van der Waals surface area contributed by atoms with Gasteiger partial charge in [0.25, 0.3) is 0 Å². The van der Waals surface area contributed by atoms with E-state index in [1.807, 2.05) is 0 Å². The number of carbonyl (C=O) groups is 3. The Morgan fingerprint density at radius 3 is 0.881 bits per heavy atom. The minimum atomic E-state index is -0.777. The van der Waals surface area contributed by atoms with Gasteiger partial charge in [-0.2, -0.15) is 0 Å². The van der Waals surface area contributed by atoms with E-state index in [0.29, 0.717) is 19.3 Å². The van der Waals surface area contributed by atoms with E-state index in [4.69, 9.17) is 14.2 Å². The molecule has 0 bridgehead atoms. The standard InChI is InChI=1S/C61H112O6/c1-4-7-10-13-16-19-22-25-28-29-30-31-34-36-39-42-45-48-51-54-60(63)66-57-58(67-61(64)55-52-49-46-43-40-37-33-27-24-21-18-15-12-9-6-3)56-65-59(62)53-50-47-44-41-38-35-32-26-23-20-17-14-11-8-5-2/h17,20-21,24,26,32,58H,4-16,18-19,22-23,25,27-31,33-57H2,1-3H3/b20-17-,24-21-,32-26-/t58-/m1/s1. The van der Waals surface area contributed by atoms with Crippen molar-refractivity contribution in [2.45, 2.75) is 322 Å². The molecule has 0 heterocycles. The van der Waals surface area contributed by atoms with E-state index in [9.17, 15) is 14.4 Å². The van der Waals surface area contributed by atoms with Crippen molar-refractivity contribution >= 4 is 17.9 Å². The van der Waals surface area contributed by atoms with Crippen molar-refractivity contribution < 1.29 is 28.6 Å². The molecule has 67 heavy (non-hydrogen) atoms. The molecule has 6 heteroatoms. The Hall–Kier alpha value is -2.37. The van der Waals surface area contributed by atoms with Gasteiger partial charge >= 0.3 is 17.9 Å². The lowest BCUT2D eigenvalue weighted by atomic mass is 10.0. The van der Waals surface area contributed by atoms with Crippen LogP contribution in [0.5, 0.6) is 0 Å². The van der Waals surface area contributed by atoms with E-state index in [1.165, 1.54) is 199 Å². The molecule has 6 nitrogen and oxygen atoms in total. The van der Waals surface area contributed by atoms with Gasteiger partial charge < -0.3 is 14.2 Å². The molecule has 0 aromatic rings. The molecule has 1 atom stereocenters. The smallest absolute Gasteiger partial charge is 0.306 e. The molecule has 0 saturated heterocycles. The lowest BCUT2D eigenvalue weighted by Gasteiger charge is -2.18. The van der Waals surface area contributed by atoms with Crippen LogP contribution in [-0.2, 0) is 28.6 Å². The van der Waals surface area contributed by atoms with E-state index >= 15 is 0 Å². The van der Waals surface area contributed by atoms with Gasteiger partial charge in [0.05, 0.1) is 0 Å². The fourth-order valence-electron chi connectivity index (χ4n) is 8.65. The summed E-state index contributed by atoms with van der Waals surface area (Å²) in [5, 5.41) is 0. The average Bonchev–Trinajstić information content (AvgIpc) is 3.33. The third-order valence-corrected chi connectivity index (χ3v) is 13.1. The molecular formula is C61H112O6. The van der Waals surface area contributed by atoms with Crippen LogP contribution in [0.4, 0.5) is 0 Å². The highest BCUT2D eigenvalue weighted by atomic mass is 16.6.